The Kier molecular flexibility index (Phi) is 16.2. The maximum Gasteiger partial charge on any atom is 0.252 e. The molecule has 560 valence electrons. The Morgan fingerprint density at radius 1 is 0.235 bits per heavy atom. The molecule has 2 aliphatic heterocycles. The van der Waals surface area contributed by atoms with Crippen LogP contribution in [0.2, 0.25) is 0 Å². The lowest BCUT2D eigenvalue weighted by atomic mass is 9.33. The van der Waals surface area contributed by atoms with E-state index in [0.29, 0.717) is 0 Å². The number of hydrogen-bond donors (Lipinski definition) is 0. The van der Waals surface area contributed by atoms with Crippen LogP contribution in [0.5, 0.6) is 0 Å². The molecule has 115 heavy (non-hydrogen) atoms. The molecular weight excluding hydrogens is 1390 g/mol. The minimum atomic E-state index is -0.291. The average Bonchev–Trinajstić information content (AvgIpc) is 1.64. The van der Waals surface area contributed by atoms with E-state index in [2.05, 4.69) is 438 Å². The van der Waals surface area contributed by atoms with Crippen molar-refractivity contribution in [1.82, 2.24) is 8.97 Å². The van der Waals surface area contributed by atoms with Gasteiger partial charge >= 0.3 is 0 Å². The van der Waals surface area contributed by atoms with Crippen molar-refractivity contribution in [1.29, 1.82) is 0 Å². The summed E-state index contributed by atoms with van der Waals surface area (Å²) in [5, 5.41) is 12.0. The van der Waals surface area contributed by atoms with E-state index in [1.165, 1.54) is 131 Å². The zero-order chi connectivity index (χ0) is 79.1. The topological polar surface area (TPSA) is 15.8 Å². The molecule has 0 radical (unpaired) electrons. The summed E-state index contributed by atoms with van der Waals surface area (Å²) in [6, 6.07) is 122. The summed E-state index contributed by atoms with van der Waals surface area (Å²) in [4.78, 5) is 5.49. The van der Waals surface area contributed by atoms with Gasteiger partial charge < -0.3 is 18.8 Å². The van der Waals surface area contributed by atoms with E-state index in [0.717, 1.165) is 78.6 Å². The minimum Gasteiger partial charge on any atom is -0.311 e. The van der Waals surface area contributed by atoms with Crippen LogP contribution in [0.3, 0.4) is 0 Å². The van der Waals surface area contributed by atoms with Gasteiger partial charge in [0, 0.05) is 71.9 Å². The van der Waals surface area contributed by atoms with Crippen molar-refractivity contribution >= 4 is 139 Å². The summed E-state index contributed by atoms with van der Waals surface area (Å²) in [6.07, 6.45) is 0. The molecular formula is C110H97BN4. The molecule has 5 heterocycles. The molecule has 0 N–H and O–H groups in total. The molecule has 2 aliphatic rings. The average molecular weight is 1490 g/mol. The Morgan fingerprint density at radius 2 is 0.661 bits per heavy atom. The molecule has 18 aromatic rings. The first-order valence-electron chi connectivity index (χ1n) is 41.2. The first-order chi connectivity index (χ1) is 55.2. The number of benzene rings is 15. The Balaban J connectivity index is 1.03. The molecule has 0 aliphatic carbocycles. The summed E-state index contributed by atoms with van der Waals surface area (Å²) in [5.74, 6) is 0. The molecule has 0 saturated carbocycles. The normalized spacial score (nSPS) is 13.3. The van der Waals surface area contributed by atoms with Crippen LogP contribution in [0, 0.1) is 0 Å². The largest absolute Gasteiger partial charge is 0.311 e. The molecule has 0 bridgehead atoms. The van der Waals surface area contributed by atoms with Crippen LogP contribution < -0.4 is 26.2 Å². The molecule has 0 unspecified atom stereocenters. The van der Waals surface area contributed by atoms with Gasteiger partial charge in [-0.2, -0.15) is 0 Å². The van der Waals surface area contributed by atoms with Gasteiger partial charge in [-0.25, -0.2) is 0 Å². The Hall–Kier alpha value is -12.4. The number of fused-ring (bicyclic) bond motifs is 18. The van der Waals surface area contributed by atoms with Crippen molar-refractivity contribution in [2.24, 2.45) is 0 Å². The van der Waals surface area contributed by atoms with Gasteiger partial charge in [0.1, 0.15) is 0 Å². The van der Waals surface area contributed by atoms with Crippen molar-refractivity contribution < 1.29 is 0 Å². The first-order valence-corrected chi connectivity index (χ1v) is 41.2. The summed E-state index contributed by atoms with van der Waals surface area (Å²) < 4.78 is 5.28. The van der Waals surface area contributed by atoms with E-state index in [1.54, 1.807) is 0 Å². The van der Waals surface area contributed by atoms with Gasteiger partial charge in [0.2, 0.25) is 0 Å². The van der Waals surface area contributed by atoms with Crippen LogP contribution in [0.1, 0.15) is 132 Å². The van der Waals surface area contributed by atoms with E-state index in [-0.39, 0.29) is 33.8 Å². The molecule has 0 amide bonds. The predicted octanol–water partition coefficient (Wildman–Crippen LogP) is 28.6. The maximum atomic E-state index is 2.82. The number of para-hydroxylation sites is 2. The van der Waals surface area contributed by atoms with Crippen LogP contribution in [0.15, 0.2) is 315 Å². The highest BCUT2D eigenvalue weighted by Crippen LogP contribution is 2.57. The van der Waals surface area contributed by atoms with Gasteiger partial charge in [-0.05, 0) is 205 Å². The fourth-order valence-corrected chi connectivity index (χ4v) is 19.0. The third-order valence-corrected chi connectivity index (χ3v) is 25.2. The van der Waals surface area contributed by atoms with Gasteiger partial charge in [-0.3, -0.25) is 0 Å². The minimum absolute atomic E-state index is 0.0789. The summed E-state index contributed by atoms with van der Waals surface area (Å²) >= 11 is 0. The lowest BCUT2D eigenvalue weighted by Gasteiger charge is -2.45. The van der Waals surface area contributed by atoms with Gasteiger partial charge in [0.15, 0.2) is 0 Å². The first kappa shape index (κ1) is 71.6. The molecule has 4 nitrogen and oxygen atoms in total. The molecule has 3 aromatic heterocycles. The molecule has 20 rings (SSSR count). The second kappa shape index (κ2) is 26.1. The van der Waals surface area contributed by atoms with E-state index in [4.69, 9.17) is 0 Å². The predicted molar refractivity (Wildman–Crippen MR) is 497 cm³/mol. The van der Waals surface area contributed by atoms with Gasteiger partial charge in [0.25, 0.3) is 6.71 Å². The van der Waals surface area contributed by atoms with Crippen molar-refractivity contribution in [3.63, 3.8) is 0 Å². The molecule has 0 fully saturated rings. The third kappa shape index (κ3) is 11.6. The number of anilines is 6. The lowest BCUT2D eigenvalue weighted by molar-refractivity contribution is 0.569. The van der Waals surface area contributed by atoms with Crippen LogP contribution in [0.25, 0.3) is 132 Å². The number of hydrogen-bond acceptors (Lipinski definition) is 2. The zero-order valence-corrected chi connectivity index (χ0v) is 68.9. The second-order valence-corrected chi connectivity index (χ2v) is 37.7. The highest BCUT2D eigenvalue weighted by atomic mass is 15.2. The fraction of sp³-hybridized carbons (Fsp3) is 0.182. The van der Waals surface area contributed by atoms with Crippen LogP contribution in [-0.2, 0) is 27.1 Å². The van der Waals surface area contributed by atoms with E-state index >= 15 is 0 Å². The van der Waals surface area contributed by atoms with Crippen molar-refractivity contribution in [3.8, 4) is 50.2 Å². The summed E-state index contributed by atoms with van der Waals surface area (Å²) in [5.41, 5.74) is 32.6. The van der Waals surface area contributed by atoms with Crippen molar-refractivity contribution in [2.45, 2.75) is 131 Å². The Bertz CT molecular complexity index is 6920. The van der Waals surface area contributed by atoms with Crippen molar-refractivity contribution in [2.75, 3.05) is 9.80 Å². The smallest absolute Gasteiger partial charge is 0.252 e. The summed E-state index contributed by atoms with van der Waals surface area (Å²) in [6.45, 7) is 35.0. The van der Waals surface area contributed by atoms with E-state index in [1.807, 2.05) is 0 Å². The Labute approximate surface area is 677 Å². The van der Waals surface area contributed by atoms with Crippen molar-refractivity contribution in [3.05, 3.63) is 343 Å². The number of nitrogens with zero attached hydrogens (tertiary/aromatic N) is 4. The SMILES string of the molecule is CC(C)(C)c1cc(-c2ccc3c(c2)N(c2ccc(-c4ccccc4)cc2)c2cc4c(c5c2B3c2ccc(-n3c6ccc(C(C)(C)C)cc6c6cc(C(C)(C)C)ccc63)cc2N5c2c(-c3ccccc3)cc(C(C)(C)C)cc2-c2ccccc2)c2cccc3c5ccccc5c5ccccc5c5ccccc5n4c32)cc(C(C)(C)C)c1. The van der Waals surface area contributed by atoms with Gasteiger partial charge in [0.05, 0.1) is 39.0 Å². The van der Waals surface area contributed by atoms with E-state index < -0.39 is 0 Å². The second-order valence-electron chi connectivity index (χ2n) is 37.7. The molecule has 0 spiro atoms. The number of rotatable bonds is 7. The van der Waals surface area contributed by atoms with Gasteiger partial charge in [-0.15, -0.1) is 0 Å². The quantitative estimate of drug-likeness (QED) is 0.148. The highest BCUT2D eigenvalue weighted by Gasteiger charge is 2.47. The standard InChI is InChI=1S/C110H97BN4/c1-106(2,3)74-49-56-95-90(62-74)91-63-75(107(4,5)6)50-57-96(91)113(95)80-53-55-93-98(66-80)115(104-88(70-34-21-17-22-35-70)64-78(110(13,14)15)65-89(104)71-36-23-18-24-37-71)105-101-87-44-31-43-86-84-41-28-26-39-82(84)81-38-25-27-40-83(81)85-42-29-30-45-94(85)114(103(86)87)99(101)67-100-102(105)111(93)92-54-48-72(73-58-76(108(7,8)9)61-77(59-73)109(10,11)12)60-97(92)112(100)79-51-46-69(47-52-79)68-32-19-16-20-33-68/h16-67H,1-15H3. The lowest BCUT2D eigenvalue weighted by Crippen LogP contribution is -2.61. The number of aromatic nitrogens is 2. The molecule has 5 heteroatoms. The summed E-state index contributed by atoms with van der Waals surface area (Å²) in [7, 11) is 0. The molecule has 15 aromatic carbocycles. The Morgan fingerprint density at radius 3 is 1.20 bits per heavy atom. The van der Waals surface area contributed by atoms with Crippen LogP contribution in [0.4, 0.5) is 34.1 Å². The van der Waals surface area contributed by atoms with Crippen LogP contribution in [-0.4, -0.2) is 15.7 Å². The molecule has 0 saturated heterocycles. The third-order valence-electron chi connectivity index (χ3n) is 25.2. The monoisotopic (exact) mass is 1480 g/mol. The maximum absolute atomic E-state index is 2.82. The fourth-order valence-electron chi connectivity index (χ4n) is 19.0. The zero-order valence-electron chi connectivity index (χ0n) is 68.9. The van der Waals surface area contributed by atoms with Crippen LogP contribution >= 0.6 is 0 Å². The van der Waals surface area contributed by atoms with Gasteiger partial charge in [-0.1, -0.05) is 340 Å². The molecule has 0 atom stereocenters. The van der Waals surface area contributed by atoms with E-state index in [9.17, 15) is 0 Å². The highest BCUT2D eigenvalue weighted by molar-refractivity contribution is 7.00.